The second-order valence-corrected chi connectivity index (χ2v) is 20.0. The van der Waals surface area contributed by atoms with E-state index in [0.717, 1.165) is 38.2 Å². The highest BCUT2D eigenvalue weighted by Crippen LogP contribution is 2.27. The minimum Gasteiger partial charge on any atom is -0.444 e. The molecule has 2 atom stereocenters. The number of alkyl halides is 2. The van der Waals surface area contributed by atoms with E-state index >= 15 is 0 Å². The molecule has 2 heterocycles. The number of fused-ring (bicyclic) bond motifs is 2. The number of amides is 1. The first kappa shape index (κ1) is 54.4. The lowest BCUT2D eigenvalue weighted by Crippen LogP contribution is -2.36. The molecule has 0 bridgehead atoms. The van der Waals surface area contributed by atoms with Gasteiger partial charge in [-0.2, -0.15) is 0 Å². The number of hydrogen-bond donors (Lipinski definition) is 2. The van der Waals surface area contributed by atoms with Gasteiger partial charge in [0, 0.05) is 61.5 Å². The van der Waals surface area contributed by atoms with Crippen molar-refractivity contribution in [2.24, 2.45) is 16.6 Å². The predicted molar refractivity (Wildman–Crippen MR) is 269 cm³/mol. The summed E-state index contributed by atoms with van der Waals surface area (Å²) in [6.07, 6.45) is 6.95. The SMILES string of the molecule is CC(C)(C)C(=O)Oc1ccc(C(CN)C(=O)Cc2ccc3cnccc3c2)cc1.CC(C)(C)OC(=O)NCC(C(=O)Cc1ccc2cnccc2c1)c1ccc(OC(=O)C(C)(C)C)cc1.ClCCl. The van der Waals surface area contributed by atoms with Crippen LogP contribution in [0.5, 0.6) is 11.5 Å². The van der Waals surface area contributed by atoms with Crippen LogP contribution >= 0.6 is 23.2 Å². The number of alkyl carbamates (subject to hydrolysis) is 1. The maximum Gasteiger partial charge on any atom is 0.407 e. The molecule has 0 radical (unpaired) electrons. The van der Waals surface area contributed by atoms with E-state index in [-0.39, 0.29) is 48.4 Å². The number of nitrogens with one attached hydrogen (secondary N) is 1. The zero-order valence-electron chi connectivity index (χ0n) is 40.2. The summed E-state index contributed by atoms with van der Waals surface area (Å²) in [6.45, 7) is 16.4. The Labute approximate surface area is 409 Å². The van der Waals surface area contributed by atoms with Crippen molar-refractivity contribution in [1.82, 2.24) is 15.3 Å². The van der Waals surface area contributed by atoms with Gasteiger partial charge in [-0.3, -0.25) is 29.1 Å². The van der Waals surface area contributed by atoms with Crippen LogP contribution in [0.4, 0.5) is 4.79 Å². The number of benzene rings is 4. The summed E-state index contributed by atoms with van der Waals surface area (Å²) in [5.74, 6) is -0.815. The first-order valence-electron chi connectivity index (χ1n) is 22.2. The Balaban J connectivity index is 0.000000286. The minimum absolute atomic E-state index is 0.0559. The predicted octanol–water partition coefficient (Wildman–Crippen LogP) is 11.1. The molecule has 0 aliphatic heterocycles. The number of carbonyl (C=O) groups excluding carboxylic acids is 5. The molecular weight excluding hydrogens is 904 g/mol. The first-order chi connectivity index (χ1) is 32.0. The van der Waals surface area contributed by atoms with E-state index in [4.69, 9.17) is 43.1 Å². The Kier molecular flexibility index (Phi) is 19.8. The third-order valence-electron chi connectivity index (χ3n) is 10.2. The summed E-state index contributed by atoms with van der Waals surface area (Å²) in [4.78, 5) is 71.1. The Morgan fingerprint density at radius 2 is 0.971 bits per heavy atom. The van der Waals surface area contributed by atoms with E-state index in [1.165, 1.54) is 0 Å². The van der Waals surface area contributed by atoms with Crippen molar-refractivity contribution in [2.45, 2.75) is 92.6 Å². The highest BCUT2D eigenvalue weighted by atomic mass is 35.5. The normalized spacial score (nSPS) is 12.3. The van der Waals surface area contributed by atoms with Crippen LogP contribution in [0, 0.1) is 10.8 Å². The second kappa shape index (κ2) is 24.7. The van der Waals surface area contributed by atoms with Crippen LogP contribution in [0.15, 0.2) is 122 Å². The van der Waals surface area contributed by atoms with E-state index in [1.54, 1.807) is 136 Å². The summed E-state index contributed by atoms with van der Waals surface area (Å²) in [5, 5.41) is 7.02. The van der Waals surface area contributed by atoms with Crippen LogP contribution in [0.2, 0.25) is 0 Å². The molecule has 12 nitrogen and oxygen atoms in total. The van der Waals surface area contributed by atoms with Crippen molar-refractivity contribution in [1.29, 1.82) is 0 Å². The molecule has 0 saturated carbocycles. The highest BCUT2D eigenvalue weighted by Gasteiger charge is 2.27. The molecule has 68 heavy (non-hydrogen) atoms. The monoisotopic (exact) mass is 964 g/mol. The van der Waals surface area contributed by atoms with E-state index in [0.29, 0.717) is 23.5 Å². The summed E-state index contributed by atoms with van der Waals surface area (Å²) < 4.78 is 16.2. The van der Waals surface area contributed by atoms with E-state index in [9.17, 15) is 24.0 Å². The van der Waals surface area contributed by atoms with Crippen LogP contribution in [0.25, 0.3) is 21.5 Å². The van der Waals surface area contributed by atoms with Gasteiger partial charge in [0.05, 0.1) is 28.0 Å². The van der Waals surface area contributed by atoms with E-state index in [1.807, 2.05) is 48.5 Å². The topological polar surface area (TPSA) is 177 Å². The molecule has 0 saturated heterocycles. The van der Waals surface area contributed by atoms with Gasteiger partial charge in [0.1, 0.15) is 28.7 Å². The van der Waals surface area contributed by atoms with E-state index in [2.05, 4.69) is 15.3 Å². The van der Waals surface area contributed by atoms with Gasteiger partial charge >= 0.3 is 18.0 Å². The maximum absolute atomic E-state index is 13.5. The number of nitrogens with zero attached hydrogens (tertiary/aromatic N) is 2. The summed E-state index contributed by atoms with van der Waals surface area (Å²) in [6, 6.07) is 29.4. The molecule has 4 aromatic carbocycles. The zero-order valence-corrected chi connectivity index (χ0v) is 41.7. The summed E-state index contributed by atoms with van der Waals surface area (Å²) in [5.41, 5.74) is 7.39. The number of nitrogens with two attached hydrogens (primary N) is 1. The third-order valence-corrected chi connectivity index (χ3v) is 10.2. The number of rotatable bonds is 13. The van der Waals surface area contributed by atoms with Gasteiger partial charge in [-0.05, 0) is 132 Å². The lowest BCUT2D eigenvalue weighted by molar-refractivity contribution is -0.143. The average molecular weight is 966 g/mol. The Morgan fingerprint density at radius 1 is 0.574 bits per heavy atom. The smallest absolute Gasteiger partial charge is 0.407 e. The quantitative estimate of drug-likeness (QED) is 0.0640. The molecule has 0 aliphatic rings. The lowest BCUT2D eigenvalue weighted by Gasteiger charge is -2.22. The Hall–Kier alpha value is -6.21. The number of carbonyl (C=O) groups is 5. The van der Waals surface area contributed by atoms with Gasteiger partial charge in [-0.15, -0.1) is 23.2 Å². The number of esters is 2. The minimum atomic E-state index is -0.651. The number of hydrogen-bond acceptors (Lipinski definition) is 11. The Morgan fingerprint density at radius 3 is 1.35 bits per heavy atom. The molecule has 14 heteroatoms. The van der Waals surface area contributed by atoms with Gasteiger partial charge in [-0.1, -0.05) is 60.7 Å². The molecular formula is C54H62Cl2N4O8. The fourth-order valence-electron chi connectivity index (χ4n) is 6.56. The van der Waals surface area contributed by atoms with Gasteiger partial charge in [0.2, 0.25) is 0 Å². The van der Waals surface area contributed by atoms with Gasteiger partial charge in [0.15, 0.2) is 0 Å². The molecule has 3 N–H and O–H groups in total. The number of Topliss-reactive ketones (excluding diaryl/α,β-unsaturated/α-hetero) is 2. The number of aromatic nitrogens is 2. The van der Waals surface area contributed by atoms with Crippen molar-refractivity contribution < 1.29 is 38.2 Å². The van der Waals surface area contributed by atoms with E-state index < -0.39 is 34.4 Å². The summed E-state index contributed by atoms with van der Waals surface area (Å²) in [7, 11) is 0. The lowest BCUT2D eigenvalue weighted by atomic mass is 9.90. The molecule has 2 unspecified atom stereocenters. The number of ketones is 2. The number of halogens is 2. The van der Waals surface area contributed by atoms with Gasteiger partial charge in [-0.25, -0.2) is 4.79 Å². The summed E-state index contributed by atoms with van der Waals surface area (Å²) >= 11 is 9.53. The van der Waals surface area contributed by atoms with Crippen molar-refractivity contribution in [2.75, 3.05) is 18.4 Å². The Bertz CT molecular complexity index is 2650. The zero-order chi connectivity index (χ0) is 50.2. The number of ether oxygens (including phenoxy) is 3. The fourth-order valence-corrected chi connectivity index (χ4v) is 6.56. The molecule has 360 valence electrons. The molecule has 0 fully saturated rings. The third kappa shape index (κ3) is 17.1. The van der Waals surface area contributed by atoms with Gasteiger partial charge in [0.25, 0.3) is 0 Å². The van der Waals surface area contributed by atoms with Crippen LogP contribution in [0.3, 0.4) is 0 Å². The van der Waals surface area contributed by atoms with Crippen LogP contribution in [-0.4, -0.2) is 63.6 Å². The van der Waals surface area contributed by atoms with Gasteiger partial charge < -0.3 is 25.3 Å². The van der Waals surface area contributed by atoms with Crippen molar-refractivity contribution in [3.8, 4) is 11.5 Å². The maximum atomic E-state index is 13.5. The number of pyridine rings is 2. The molecule has 0 aliphatic carbocycles. The molecule has 0 spiro atoms. The standard InChI is InChI=1S/C29H34N2O5.C24H26N2O3.CH2Cl2/c1-28(2,3)26(33)35-23-11-9-20(10-12-23)24(18-31-27(34)36-29(4,5)6)25(32)16-19-7-8-22-17-30-14-13-21(22)15-19;1-24(2,3)23(28)29-20-8-6-17(7-9-20)21(14-25)22(27)13-16-4-5-19-15-26-11-10-18(19)12-16;2-1-3/h7-15,17,24H,16,18H2,1-6H3,(H,31,34);4-12,15,21H,13-14,25H2,1-3H3;1H2. The molecule has 1 amide bonds. The average Bonchev–Trinajstić information content (AvgIpc) is 3.27. The molecule has 2 aromatic heterocycles. The largest absolute Gasteiger partial charge is 0.444 e. The van der Waals surface area contributed by atoms with Crippen molar-refractivity contribution >= 4 is 74.3 Å². The molecule has 6 aromatic rings. The molecule has 6 rings (SSSR count). The fraction of sp³-hybridized carbons (Fsp3) is 0.352. The highest BCUT2D eigenvalue weighted by molar-refractivity contribution is 6.40. The second-order valence-electron chi connectivity index (χ2n) is 19.1. The van der Waals surface area contributed by atoms with Crippen LogP contribution < -0.4 is 20.5 Å². The van der Waals surface area contributed by atoms with Crippen LogP contribution in [0.1, 0.15) is 96.4 Å². The van der Waals surface area contributed by atoms with Crippen molar-refractivity contribution in [3.05, 3.63) is 144 Å². The van der Waals surface area contributed by atoms with Crippen molar-refractivity contribution in [3.63, 3.8) is 0 Å². The first-order valence-corrected chi connectivity index (χ1v) is 23.2. The van der Waals surface area contributed by atoms with Crippen LogP contribution in [-0.2, 0) is 36.8 Å².